The number of hydrogen-bond donors (Lipinski definition) is 0. The summed E-state index contributed by atoms with van der Waals surface area (Å²) in [6, 6.07) is 2.91. The summed E-state index contributed by atoms with van der Waals surface area (Å²) >= 11 is 0. The summed E-state index contributed by atoms with van der Waals surface area (Å²) in [6.45, 7) is 3.52. The number of alkyl halides is 2. The van der Waals surface area contributed by atoms with Crippen LogP contribution in [0.4, 0.5) is 8.78 Å². The van der Waals surface area contributed by atoms with Gasteiger partial charge in [-0.2, -0.15) is 0 Å². The smallest absolute Gasteiger partial charge is 0.263 e. The van der Waals surface area contributed by atoms with Crippen molar-refractivity contribution in [3.8, 4) is 5.75 Å². The Morgan fingerprint density at radius 2 is 1.62 bits per heavy atom. The second kappa shape index (κ2) is 3.73. The molecule has 0 aliphatic heterocycles. The zero-order chi connectivity index (χ0) is 10.0. The molecular weight excluding hydrogens is 174 g/mol. The molecule has 0 aliphatic carbocycles. The van der Waals surface area contributed by atoms with Gasteiger partial charge in [-0.15, -0.1) is 0 Å². The number of rotatable bonds is 2. The van der Waals surface area contributed by atoms with Gasteiger partial charge >= 0.3 is 0 Å². The van der Waals surface area contributed by atoms with Gasteiger partial charge < -0.3 is 4.74 Å². The van der Waals surface area contributed by atoms with Crippen LogP contribution in [0.3, 0.4) is 0 Å². The Balaban J connectivity index is 3.20. The van der Waals surface area contributed by atoms with E-state index in [1.807, 2.05) is 0 Å². The molecule has 1 aromatic rings. The highest BCUT2D eigenvalue weighted by Gasteiger charge is 2.11. The summed E-state index contributed by atoms with van der Waals surface area (Å²) in [5.74, 6) is 0.685. The monoisotopic (exact) mass is 186 g/mol. The van der Waals surface area contributed by atoms with Gasteiger partial charge in [0.1, 0.15) is 5.75 Å². The van der Waals surface area contributed by atoms with Gasteiger partial charge in [-0.3, -0.25) is 0 Å². The highest BCUT2D eigenvalue weighted by atomic mass is 19.3. The van der Waals surface area contributed by atoms with Crippen LogP contribution in [-0.2, 0) is 0 Å². The molecule has 72 valence electrons. The van der Waals surface area contributed by atoms with Crippen LogP contribution < -0.4 is 4.74 Å². The van der Waals surface area contributed by atoms with Crippen molar-refractivity contribution >= 4 is 0 Å². The largest absolute Gasteiger partial charge is 0.496 e. The van der Waals surface area contributed by atoms with Crippen molar-refractivity contribution in [1.29, 1.82) is 0 Å². The molecule has 0 bridgehead atoms. The van der Waals surface area contributed by atoms with E-state index in [4.69, 9.17) is 4.74 Å². The first kappa shape index (κ1) is 9.96. The highest BCUT2D eigenvalue weighted by Crippen LogP contribution is 2.28. The van der Waals surface area contributed by atoms with Crippen molar-refractivity contribution in [1.82, 2.24) is 0 Å². The molecule has 1 aromatic carbocycles. The van der Waals surface area contributed by atoms with Crippen LogP contribution in [0.1, 0.15) is 23.1 Å². The fourth-order valence-electron chi connectivity index (χ4n) is 1.43. The lowest BCUT2D eigenvalue weighted by Crippen LogP contribution is -1.94. The first-order valence-electron chi connectivity index (χ1n) is 3.99. The maximum atomic E-state index is 12.3. The number of ether oxygens (including phenoxy) is 1. The van der Waals surface area contributed by atoms with E-state index in [0.717, 1.165) is 11.1 Å². The Labute approximate surface area is 76.3 Å². The van der Waals surface area contributed by atoms with Crippen LogP contribution in [-0.4, -0.2) is 7.11 Å². The third-order valence-corrected chi connectivity index (χ3v) is 1.94. The van der Waals surface area contributed by atoms with Gasteiger partial charge in [-0.1, -0.05) is 0 Å². The summed E-state index contributed by atoms with van der Waals surface area (Å²) in [6.07, 6.45) is -2.41. The van der Waals surface area contributed by atoms with Gasteiger partial charge in [0.2, 0.25) is 0 Å². The van der Waals surface area contributed by atoms with Crippen LogP contribution >= 0.6 is 0 Å². The predicted octanol–water partition coefficient (Wildman–Crippen LogP) is 3.25. The Morgan fingerprint density at radius 1 is 1.15 bits per heavy atom. The maximum absolute atomic E-state index is 12.3. The fourth-order valence-corrected chi connectivity index (χ4v) is 1.43. The molecule has 0 radical (unpaired) electrons. The van der Waals surface area contributed by atoms with E-state index < -0.39 is 6.43 Å². The van der Waals surface area contributed by atoms with Gasteiger partial charge in [0.15, 0.2) is 0 Å². The molecular formula is C10H12F2O. The second-order valence-corrected chi connectivity index (χ2v) is 2.99. The molecule has 0 fully saturated rings. The Bertz CT molecular complexity index is 285. The molecule has 0 heterocycles. The highest BCUT2D eigenvalue weighted by molar-refractivity contribution is 5.43. The molecule has 0 saturated heterocycles. The van der Waals surface area contributed by atoms with E-state index in [1.54, 1.807) is 13.8 Å². The lowest BCUT2D eigenvalue weighted by Gasteiger charge is -2.10. The molecule has 0 N–H and O–H groups in total. The maximum Gasteiger partial charge on any atom is 0.263 e. The van der Waals surface area contributed by atoms with Gasteiger partial charge in [-0.05, 0) is 37.1 Å². The zero-order valence-corrected chi connectivity index (χ0v) is 7.90. The van der Waals surface area contributed by atoms with Gasteiger partial charge in [0.05, 0.1) is 7.11 Å². The van der Waals surface area contributed by atoms with Crippen molar-refractivity contribution in [3.63, 3.8) is 0 Å². The minimum atomic E-state index is -2.41. The van der Waals surface area contributed by atoms with Gasteiger partial charge in [0, 0.05) is 5.56 Å². The number of benzene rings is 1. The molecule has 13 heavy (non-hydrogen) atoms. The summed E-state index contributed by atoms with van der Waals surface area (Å²) in [4.78, 5) is 0. The predicted molar refractivity (Wildman–Crippen MR) is 47.4 cm³/mol. The van der Waals surface area contributed by atoms with Crippen LogP contribution in [0.2, 0.25) is 0 Å². The average molecular weight is 186 g/mol. The lowest BCUT2D eigenvalue weighted by molar-refractivity contribution is 0.151. The number of hydrogen-bond acceptors (Lipinski definition) is 1. The van der Waals surface area contributed by atoms with Crippen molar-refractivity contribution in [2.24, 2.45) is 0 Å². The van der Waals surface area contributed by atoms with Crippen molar-refractivity contribution in [2.75, 3.05) is 7.11 Å². The van der Waals surface area contributed by atoms with E-state index in [0.29, 0.717) is 5.75 Å². The topological polar surface area (TPSA) is 9.23 Å². The van der Waals surface area contributed by atoms with Crippen LogP contribution in [0.25, 0.3) is 0 Å². The molecule has 1 nitrogen and oxygen atoms in total. The van der Waals surface area contributed by atoms with E-state index in [9.17, 15) is 8.78 Å². The Morgan fingerprint density at radius 3 is 1.92 bits per heavy atom. The zero-order valence-electron chi connectivity index (χ0n) is 7.90. The summed E-state index contributed by atoms with van der Waals surface area (Å²) in [5, 5.41) is 0. The summed E-state index contributed by atoms with van der Waals surface area (Å²) in [5.41, 5.74) is 1.55. The molecule has 0 aliphatic rings. The van der Waals surface area contributed by atoms with Gasteiger partial charge in [0.25, 0.3) is 6.43 Å². The van der Waals surface area contributed by atoms with E-state index in [2.05, 4.69) is 0 Å². The third-order valence-electron chi connectivity index (χ3n) is 1.94. The van der Waals surface area contributed by atoms with Crippen LogP contribution in [0.15, 0.2) is 12.1 Å². The standard InChI is InChI=1S/C10H12F2O/c1-6-4-8(10(11)12)5-7(2)9(6)13-3/h4-5,10H,1-3H3. The minimum Gasteiger partial charge on any atom is -0.496 e. The third kappa shape index (κ3) is 1.97. The molecule has 0 unspecified atom stereocenters. The molecule has 0 aromatic heterocycles. The van der Waals surface area contributed by atoms with E-state index in [1.165, 1.54) is 19.2 Å². The first-order valence-corrected chi connectivity index (χ1v) is 3.99. The quantitative estimate of drug-likeness (QED) is 0.688. The van der Waals surface area contributed by atoms with Crippen LogP contribution in [0, 0.1) is 13.8 Å². The molecule has 0 amide bonds. The molecule has 0 atom stereocenters. The lowest BCUT2D eigenvalue weighted by atomic mass is 10.1. The molecule has 0 saturated carbocycles. The number of methoxy groups -OCH3 is 1. The fraction of sp³-hybridized carbons (Fsp3) is 0.400. The van der Waals surface area contributed by atoms with Crippen molar-refractivity contribution in [2.45, 2.75) is 20.3 Å². The number of aryl methyl sites for hydroxylation is 2. The second-order valence-electron chi connectivity index (χ2n) is 2.99. The number of halogens is 2. The van der Waals surface area contributed by atoms with Gasteiger partial charge in [-0.25, -0.2) is 8.78 Å². The van der Waals surface area contributed by atoms with E-state index in [-0.39, 0.29) is 5.56 Å². The van der Waals surface area contributed by atoms with E-state index >= 15 is 0 Å². The average Bonchev–Trinajstić information content (AvgIpc) is 2.03. The molecule has 1 rings (SSSR count). The van der Waals surface area contributed by atoms with Crippen molar-refractivity contribution in [3.05, 3.63) is 28.8 Å². The normalized spacial score (nSPS) is 10.6. The first-order chi connectivity index (χ1) is 6.06. The van der Waals surface area contributed by atoms with Crippen molar-refractivity contribution < 1.29 is 13.5 Å². The van der Waals surface area contributed by atoms with Crippen LogP contribution in [0.5, 0.6) is 5.75 Å². The molecule has 0 spiro atoms. The summed E-state index contributed by atoms with van der Waals surface area (Å²) in [7, 11) is 1.54. The minimum absolute atomic E-state index is 0.0517. The summed E-state index contributed by atoms with van der Waals surface area (Å²) < 4.78 is 29.7. The molecule has 3 heteroatoms. The Hall–Kier alpha value is -1.12. The SMILES string of the molecule is COc1c(C)cc(C(F)F)cc1C. The Kier molecular flexibility index (Phi) is 2.86.